The fourth-order valence-electron chi connectivity index (χ4n) is 2.13. The first kappa shape index (κ1) is 14.4. The first-order valence-electron chi connectivity index (χ1n) is 6.15. The molecule has 0 N–H and O–H groups in total. The number of hydrogen-bond acceptors (Lipinski definition) is 2. The topological polar surface area (TPSA) is 41.1 Å². The van der Waals surface area contributed by atoms with Crippen molar-refractivity contribution in [3.05, 3.63) is 58.9 Å². The minimum absolute atomic E-state index is 0.0448. The van der Waals surface area contributed by atoms with Crippen molar-refractivity contribution >= 4 is 17.2 Å². The van der Waals surface area contributed by atoms with E-state index in [1.165, 1.54) is 6.07 Å². The van der Waals surface area contributed by atoms with E-state index in [1.807, 2.05) is 6.07 Å². The Hall–Kier alpha value is -2.52. The van der Waals surface area contributed by atoms with Crippen molar-refractivity contribution in [3.63, 3.8) is 0 Å². The third-order valence-electron chi connectivity index (χ3n) is 3.17. The van der Waals surface area contributed by atoms with E-state index in [-0.39, 0.29) is 11.3 Å². The molecule has 0 spiro atoms. The van der Waals surface area contributed by atoms with Crippen molar-refractivity contribution in [2.24, 2.45) is 0 Å². The van der Waals surface area contributed by atoms with Crippen molar-refractivity contribution in [1.29, 1.82) is 5.26 Å². The van der Waals surface area contributed by atoms with Crippen LogP contribution in [0.3, 0.4) is 0 Å². The van der Waals surface area contributed by atoms with Crippen LogP contribution in [0.4, 0.5) is 13.2 Å². The number of aromatic nitrogens is 2. The van der Waals surface area contributed by atoms with E-state index in [2.05, 4.69) is 4.98 Å². The molecule has 0 unspecified atom stereocenters. The third-order valence-corrected chi connectivity index (χ3v) is 3.42. The Morgan fingerprint density at radius 2 is 1.77 bits per heavy atom. The van der Waals surface area contributed by atoms with Crippen LogP contribution in [0.25, 0.3) is 16.9 Å². The second-order valence-electron chi connectivity index (χ2n) is 4.57. The summed E-state index contributed by atoms with van der Waals surface area (Å²) in [6, 6.07) is 10.7. The first-order valence-corrected chi connectivity index (χ1v) is 6.53. The molecule has 7 heteroatoms. The lowest BCUT2D eigenvalue weighted by molar-refractivity contribution is -0.137. The van der Waals surface area contributed by atoms with E-state index in [0.717, 1.165) is 16.7 Å². The van der Waals surface area contributed by atoms with Crippen LogP contribution in [-0.4, -0.2) is 9.38 Å². The van der Waals surface area contributed by atoms with Gasteiger partial charge in [0.2, 0.25) is 0 Å². The standard InChI is InChI=1S/C15H7ClF3N3/c16-11-4-1-9(2-5-11)14-12(7-20)22-8-10(15(17,18)19)3-6-13(22)21-14/h1-6,8H. The zero-order valence-electron chi connectivity index (χ0n) is 10.9. The maximum absolute atomic E-state index is 12.8. The third kappa shape index (κ3) is 2.40. The van der Waals surface area contributed by atoms with Gasteiger partial charge < -0.3 is 0 Å². The number of nitrogens with zero attached hydrogens (tertiary/aromatic N) is 3. The first-order chi connectivity index (χ1) is 10.4. The smallest absolute Gasteiger partial charge is 0.290 e. The summed E-state index contributed by atoms with van der Waals surface area (Å²) >= 11 is 5.81. The number of pyridine rings is 1. The Balaban J connectivity index is 2.25. The molecule has 0 saturated carbocycles. The molecule has 0 aliphatic rings. The van der Waals surface area contributed by atoms with Crippen molar-refractivity contribution in [1.82, 2.24) is 9.38 Å². The maximum Gasteiger partial charge on any atom is 0.417 e. The summed E-state index contributed by atoms with van der Waals surface area (Å²) in [6.45, 7) is 0. The van der Waals surface area contributed by atoms with E-state index in [1.54, 1.807) is 24.3 Å². The largest absolute Gasteiger partial charge is 0.417 e. The highest BCUT2D eigenvalue weighted by Crippen LogP contribution is 2.31. The van der Waals surface area contributed by atoms with Crippen LogP contribution in [0.15, 0.2) is 42.6 Å². The van der Waals surface area contributed by atoms with Gasteiger partial charge in [-0.1, -0.05) is 23.7 Å². The summed E-state index contributed by atoms with van der Waals surface area (Å²) in [5.74, 6) is 0. The second kappa shape index (κ2) is 5.04. The molecule has 0 fully saturated rings. The zero-order chi connectivity index (χ0) is 15.9. The molecule has 0 aliphatic carbocycles. The fraction of sp³-hybridized carbons (Fsp3) is 0.0667. The molecule has 0 radical (unpaired) electrons. The van der Waals surface area contributed by atoms with Crippen LogP contribution >= 0.6 is 11.6 Å². The minimum atomic E-state index is -4.48. The highest BCUT2D eigenvalue weighted by molar-refractivity contribution is 6.30. The number of hydrogen-bond donors (Lipinski definition) is 0. The van der Waals surface area contributed by atoms with Gasteiger partial charge in [0.15, 0.2) is 5.69 Å². The summed E-state index contributed by atoms with van der Waals surface area (Å²) in [4.78, 5) is 4.24. The number of alkyl halides is 3. The van der Waals surface area contributed by atoms with Crippen molar-refractivity contribution in [2.75, 3.05) is 0 Å². The Kier molecular flexibility index (Phi) is 3.30. The number of halogens is 4. The second-order valence-corrected chi connectivity index (χ2v) is 5.01. The molecule has 0 aliphatic heterocycles. The molecule has 2 aromatic heterocycles. The van der Waals surface area contributed by atoms with Crippen LogP contribution in [0, 0.1) is 11.3 Å². The minimum Gasteiger partial charge on any atom is -0.290 e. The lowest BCUT2D eigenvalue weighted by Crippen LogP contribution is -2.06. The Morgan fingerprint density at radius 1 is 1.09 bits per heavy atom. The predicted molar refractivity (Wildman–Crippen MR) is 75.4 cm³/mol. The summed E-state index contributed by atoms with van der Waals surface area (Å²) in [5, 5.41) is 9.82. The summed E-state index contributed by atoms with van der Waals surface area (Å²) < 4.78 is 39.5. The number of imidazole rings is 1. The molecule has 0 atom stereocenters. The molecule has 110 valence electrons. The van der Waals surface area contributed by atoms with Crippen LogP contribution in [0.2, 0.25) is 5.02 Å². The maximum atomic E-state index is 12.8. The Labute approximate surface area is 128 Å². The number of fused-ring (bicyclic) bond motifs is 1. The van der Waals surface area contributed by atoms with Crippen molar-refractivity contribution < 1.29 is 13.2 Å². The van der Waals surface area contributed by atoms with E-state index in [9.17, 15) is 18.4 Å². The van der Waals surface area contributed by atoms with Crippen molar-refractivity contribution in [2.45, 2.75) is 6.18 Å². The number of nitriles is 1. The van der Waals surface area contributed by atoms with Gasteiger partial charge in [-0.3, -0.25) is 4.40 Å². The van der Waals surface area contributed by atoms with Gasteiger partial charge in [-0.05, 0) is 24.3 Å². The van der Waals surface area contributed by atoms with E-state index in [4.69, 9.17) is 11.6 Å². The highest BCUT2D eigenvalue weighted by atomic mass is 35.5. The Bertz CT molecular complexity index is 889. The quantitative estimate of drug-likeness (QED) is 0.660. The van der Waals surface area contributed by atoms with Crippen LogP contribution in [-0.2, 0) is 6.18 Å². The Morgan fingerprint density at radius 3 is 2.36 bits per heavy atom. The molecule has 3 aromatic rings. The molecule has 22 heavy (non-hydrogen) atoms. The van der Waals surface area contributed by atoms with Gasteiger partial charge in [0.05, 0.1) is 5.56 Å². The molecular weight excluding hydrogens is 315 g/mol. The zero-order valence-corrected chi connectivity index (χ0v) is 11.7. The molecule has 3 nitrogen and oxygen atoms in total. The number of benzene rings is 1. The number of rotatable bonds is 1. The van der Waals surface area contributed by atoms with Gasteiger partial charge in [-0.2, -0.15) is 18.4 Å². The molecule has 0 saturated heterocycles. The van der Waals surface area contributed by atoms with Gasteiger partial charge in [0.25, 0.3) is 0 Å². The highest BCUT2D eigenvalue weighted by Gasteiger charge is 2.31. The van der Waals surface area contributed by atoms with Crippen LogP contribution < -0.4 is 0 Å². The summed E-state index contributed by atoms with van der Waals surface area (Å²) in [7, 11) is 0. The SMILES string of the molecule is N#Cc1c(-c2ccc(Cl)cc2)nc2ccc(C(F)(F)F)cn12. The van der Waals surface area contributed by atoms with Gasteiger partial charge in [0, 0.05) is 16.8 Å². The van der Waals surface area contributed by atoms with Gasteiger partial charge >= 0.3 is 6.18 Å². The fourth-order valence-corrected chi connectivity index (χ4v) is 2.25. The average molecular weight is 322 g/mol. The lowest BCUT2D eigenvalue weighted by atomic mass is 10.1. The van der Waals surface area contributed by atoms with Crippen LogP contribution in [0.5, 0.6) is 0 Å². The molecule has 0 bridgehead atoms. The van der Waals surface area contributed by atoms with Crippen LogP contribution in [0.1, 0.15) is 11.3 Å². The predicted octanol–water partition coefficient (Wildman–Crippen LogP) is 4.55. The lowest BCUT2D eigenvalue weighted by Gasteiger charge is -2.06. The molecule has 1 aromatic carbocycles. The van der Waals surface area contributed by atoms with Gasteiger partial charge in [-0.25, -0.2) is 4.98 Å². The van der Waals surface area contributed by atoms with E-state index in [0.29, 0.717) is 16.3 Å². The molecule has 0 amide bonds. The molecular formula is C15H7ClF3N3. The van der Waals surface area contributed by atoms with Crippen molar-refractivity contribution in [3.8, 4) is 17.3 Å². The van der Waals surface area contributed by atoms with E-state index < -0.39 is 11.7 Å². The summed E-state index contributed by atoms with van der Waals surface area (Å²) in [5.41, 5.74) is 0.408. The normalized spacial score (nSPS) is 11.6. The molecule has 2 heterocycles. The monoisotopic (exact) mass is 321 g/mol. The van der Waals surface area contributed by atoms with Gasteiger partial charge in [-0.15, -0.1) is 0 Å². The average Bonchev–Trinajstić information content (AvgIpc) is 2.84. The summed E-state index contributed by atoms with van der Waals surface area (Å²) in [6.07, 6.45) is -3.61. The molecule has 3 rings (SSSR count). The van der Waals surface area contributed by atoms with E-state index >= 15 is 0 Å². The van der Waals surface area contributed by atoms with Gasteiger partial charge in [0.1, 0.15) is 17.4 Å².